The number of guanidine groups is 1. The Hall–Kier alpha value is -1.63. The highest BCUT2D eigenvalue weighted by Crippen LogP contribution is 2.12. The van der Waals surface area contributed by atoms with E-state index < -0.39 is 0 Å². The minimum atomic E-state index is 0.703. The van der Waals surface area contributed by atoms with Crippen molar-refractivity contribution in [3.05, 3.63) is 35.4 Å². The van der Waals surface area contributed by atoms with Crippen LogP contribution in [0.3, 0.4) is 0 Å². The summed E-state index contributed by atoms with van der Waals surface area (Å²) in [7, 11) is 1.80. The van der Waals surface area contributed by atoms with Gasteiger partial charge in [0.15, 0.2) is 5.96 Å². The Kier molecular flexibility index (Phi) is 10.1. The molecule has 1 fully saturated rings. The van der Waals surface area contributed by atoms with Crippen molar-refractivity contribution in [2.75, 3.05) is 53.1 Å². The molecular formula is C20H34N4O2. The predicted molar refractivity (Wildman–Crippen MR) is 106 cm³/mol. The molecule has 0 amide bonds. The number of hydrogen-bond donors (Lipinski definition) is 2. The van der Waals surface area contributed by atoms with Gasteiger partial charge in [-0.05, 0) is 17.5 Å². The Morgan fingerprint density at radius 1 is 1.15 bits per heavy atom. The first-order chi connectivity index (χ1) is 12.8. The van der Waals surface area contributed by atoms with Crippen molar-refractivity contribution < 1.29 is 9.47 Å². The second kappa shape index (κ2) is 12.7. The fourth-order valence-electron chi connectivity index (χ4n) is 2.87. The number of ether oxygens (including phenoxy) is 2. The van der Waals surface area contributed by atoms with E-state index in [1.54, 1.807) is 7.05 Å². The number of aliphatic imine (C=N–C) groups is 1. The van der Waals surface area contributed by atoms with E-state index in [0.29, 0.717) is 6.61 Å². The van der Waals surface area contributed by atoms with Crippen LogP contribution in [0.5, 0.6) is 0 Å². The highest BCUT2D eigenvalue weighted by molar-refractivity contribution is 5.79. The van der Waals surface area contributed by atoms with Gasteiger partial charge in [-0.25, -0.2) is 0 Å². The lowest BCUT2D eigenvalue weighted by molar-refractivity contribution is 0.0341. The molecular weight excluding hydrogens is 328 g/mol. The number of unbranched alkanes of at least 4 members (excludes halogenated alkanes) is 1. The van der Waals surface area contributed by atoms with Gasteiger partial charge in [-0.15, -0.1) is 0 Å². The summed E-state index contributed by atoms with van der Waals surface area (Å²) in [6, 6.07) is 8.60. The Bertz CT molecular complexity index is 530. The third kappa shape index (κ3) is 7.72. The minimum Gasteiger partial charge on any atom is -0.380 e. The number of nitrogens with one attached hydrogen (secondary N) is 2. The van der Waals surface area contributed by atoms with E-state index in [0.717, 1.165) is 64.9 Å². The van der Waals surface area contributed by atoms with Gasteiger partial charge < -0.3 is 20.1 Å². The Labute approximate surface area is 158 Å². The molecule has 0 aliphatic carbocycles. The van der Waals surface area contributed by atoms with Gasteiger partial charge in [0.1, 0.15) is 0 Å². The maximum absolute atomic E-state index is 5.57. The molecule has 1 aromatic carbocycles. The van der Waals surface area contributed by atoms with Crippen molar-refractivity contribution in [1.29, 1.82) is 0 Å². The van der Waals surface area contributed by atoms with Crippen LogP contribution in [0.4, 0.5) is 0 Å². The van der Waals surface area contributed by atoms with E-state index in [1.807, 2.05) is 0 Å². The van der Waals surface area contributed by atoms with E-state index in [4.69, 9.17) is 9.47 Å². The van der Waals surface area contributed by atoms with Crippen LogP contribution >= 0.6 is 0 Å². The summed E-state index contributed by atoms with van der Waals surface area (Å²) in [6.45, 7) is 9.87. The van der Waals surface area contributed by atoms with Gasteiger partial charge in [0.25, 0.3) is 0 Å². The second-order valence-corrected chi connectivity index (χ2v) is 6.48. The summed E-state index contributed by atoms with van der Waals surface area (Å²) >= 11 is 0. The van der Waals surface area contributed by atoms with Gasteiger partial charge in [-0.3, -0.25) is 9.89 Å². The van der Waals surface area contributed by atoms with Crippen LogP contribution in [0, 0.1) is 0 Å². The van der Waals surface area contributed by atoms with Crippen molar-refractivity contribution in [2.45, 2.75) is 32.9 Å². The molecule has 2 rings (SSSR count). The molecule has 0 saturated carbocycles. The molecule has 0 aromatic heterocycles. The summed E-state index contributed by atoms with van der Waals surface area (Å²) in [5.41, 5.74) is 2.67. The first-order valence-corrected chi connectivity index (χ1v) is 9.72. The summed E-state index contributed by atoms with van der Waals surface area (Å²) in [5.74, 6) is 0.810. The molecule has 0 bridgehead atoms. The standard InChI is InChI=1S/C20H34N4O2/c1-3-4-12-25-13-9-22-20(21-2)23-16-18-7-5-6-8-19(18)17-24-10-14-26-15-11-24/h5-8H,3-4,9-17H2,1-2H3,(H2,21,22,23). The summed E-state index contributed by atoms with van der Waals surface area (Å²) in [6.07, 6.45) is 2.29. The highest BCUT2D eigenvalue weighted by atomic mass is 16.5. The first kappa shape index (κ1) is 20.7. The topological polar surface area (TPSA) is 58.1 Å². The van der Waals surface area contributed by atoms with Crippen molar-refractivity contribution in [1.82, 2.24) is 15.5 Å². The maximum Gasteiger partial charge on any atom is 0.191 e. The average molecular weight is 363 g/mol. The molecule has 0 atom stereocenters. The number of hydrogen-bond acceptors (Lipinski definition) is 4. The van der Waals surface area contributed by atoms with Gasteiger partial charge in [0, 0.05) is 46.4 Å². The molecule has 26 heavy (non-hydrogen) atoms. The van der Waals surface area contributed by atoms with Crippen molar-refractivity contribution in [3.63, 3.8) is 0 Å². The second-order valence-electron chi connectivity index (χ2n) is 6.48. The lowest BCUT2D eigenvalue weighted by Gasteiger charge is -2.27. The zero-order valence-corrected chi connectivity index (χ0v) is 16.3. The molecule has 1 aromatic rings. The molecule has 146 valence electrons. The minimum absolute atomic E-state index is 0.703. The van der Waals surface area contributed by atoms with Crippen LogP contribution in [0.2, 0.25) is 0 Å². The molecule has 6 heteroatoms. The van der Waals surface area contributed by atoms with Crippen LogP contribution in [-0.2, 0) is 22.6 Å². The largest absolute Gasteiger partial charge is 0.380 e. The molecule has 0 spiro atoms. The highest BCUT2D eigenvalue weighted by Gasteiger charge is 2.12. The Balaban J connectivity index is 1.76. The summed E-state index contributed by atoms with van der Waals surface area (Å²) in [4.78, 5) is 6.74. The number of nitrogens with zero attached hydrogens (tertiary/aromatic N) is 2. The van der Waals surface area contributed by atoms with Crippen LogP contribution in [-0.4, -0.2) is 64.0 Å². The summed E-state index contributed by atoms with van der Waals surface area (Å²) < 4.78 is 11.0. The van der Waals surface area contributed by atoms with Crippen molar-refractivity contribution in [3.8, 4) is 0 Å². The first-order valence-electron chi connectivity index (χ1n) is 9.72. The van der Waals surface area contributed by atoms with Crippen molar-refractivity contribution in [2.24, 2.45) is 4.99 Å². The lowest BCUT2D eigenvalue weighted by Crippen LogP contribution is -2.39. The lowest BCUT2D eigenvalue weighted by atomic mass is 10.1. The number of benzene rings is 1. The number of rotatable bonds is 10. The van der Waals surface area contributed by atoms with E-state index >= 15 is 0 Å². The third-order valence-corrected chi connectivity index (χ3v) is 4.47. The third-order valence-electron chi connectivity index (χ3n) is 4.47. The average Bonchev–Trinajstić information content (AvgIpc) is 2.69. The van der Waals surface area contributed by atoms with Crippen LogP contribution in [0.1, 0.15) is 30.9 Å². The fourth-order valence-corrected chi connectivity index (χ4v) is 2.87. The molecule has 0 radical (unpaired) electrons. The molecule has 6 nitrogen and oxygen atoms in total. The van der Waals surface area contributed by atoms with Crippen LogP contribution in [0.15, 0.2) is 29.3 Å². The zero-order valence-electron chi connectivity index (χ0n) is 16.3. The van der Waals surface area contributed by atoms with Crippen molar-refractivity contribution >= 4 is 5.96 Å². The predicted octanol–water partition coefficient (Wildman–Crippen LogP) is 2.00. The van der Waals surface area contributed by atoms with E-state index in [9.17, 15) is 0 Å². The SMILES string of the molecule is CCCCOCCNC(=NC)NCc1ccccc1CN1CCOCC1. The quantitative estimate of drug-likeness (QED) is 0.379. The molecule has 1 heterocycles. The van der Waals surface area contributed by atoms with Gasteiger partial charge >= 0.3 is 0 Å². The molecule has 1 saturated heterocycles. The monoisotopic (exact) mass is 362 g/mol. The number of morpholine rings is 1. The summed E-state index contributed by atoms with van der Waals surface area (Å²) in [5, 5.41) is 6.71. The maximum atomic E-state index is 5.57. The Morgan fingerprint density at radius 3 is 2.65 bits per heavy atom. The van der Waals surface area contributed by atoms with E-state index in [1.165, 1.54) is 17.5 Å². The Morgan fingerprint density at radius 2 is 1.92 bits per heavy atom. The normalized spacial score (nSPS) is 15.8. The zero-order chi connectivity index (χ0) is 18.5. The van der Waals surface area contributed by atoms with Gasteiger partial charge in [-0.2, -0.15) is 0 Å². The van der Waals surface area contributed by atoms with Gasteiger partial charge in [0.05, 0.1) is 19.8 Å². The fraction of sp³-hybridized carbons (Fsp3) is 0.650. The van der Waals surface area contributed by atoms with Crippen LogP contribution in [0.25, 0.3) is 0 Å². The molecule has 1 aliphatic rings. The molecule has 2 N–H and O–H groups in total. The smallest absolute Gasteiger partial charge is 0.191 e. The van der Waals surface area contributed by atoms with Crippen LogP contribution < -0.4 is 10.6 Å². The van der Waals surface area contributed by atoms with Gasteiger partial charge in [-0.1, -0.05) is 37.6 Å². The van der Waals surface area contributed by atoms with Gasteiger partial charge in [0.2, 0.25) is 0 Å². The molecule has 1 aliphatic heterocycles. The molecule has 0 unspecified atom stereocenters. The van der Waals surface area contributed by atoms with E-state index in [-0.39, 0.29) is 0 Å². The van der Waals surface area contributed by atoms with E-state index in [2.05, 4.69) is 51.7 Å².